The van der Waals surface area contributed by atoms with Crippen LogP contribution in [-0.4, -0.2) is 36.6 Å². The highest BCUT2D eigenvalue weighted by Crippen LogP contribution is 2.44. The standard InChI is InChI=1S/C31H42B2O4/c1-23(22-25-18-14-11-15-19-25)27(33-36-30(6,7)31(8,9)37-33)26(21-20-24-16-12-10-13-17-24)32-34-28(2,3)29(4,5)35-32/h10-19H,1,20-22H2,2-9H3/b27-26+. The first-order valence-electron chi connectivity index (χ1n) is 13.4. The largest absolute Gasteiger partial charge is 0.494 e. The average molecular weight is 500 g/mol. The number of hydrogen-bond acceptors (Lipinski definition) is 4. The molecule has 4 nitrogen and oxygen atoms in total. The van der Waals surface area contributed by atoms with E-state index in [4.69, 9.17) is 18.6 Å². The van der Waals surface area contributed by atoms with Crippen molar-refractivity contribution in [3.05, 3.63) is 94.9 Å². The maximum atomic E-state index is 6.63. The number of allylic oxidation sites excluding steroid dienone is 3. The lowest BCUT2D eigenvalue weighted by Crippen LogP contribution is -2.41. The Morgan fingerprint density at radius 1 is 0.622 bits per heavy atom. The highest BCUT2D eigenvalue weighted by atomic mass is 16.7. The molecule has 0 bridgehead atoms. The topological polar surface area (TPSA) is 36.9 Å². The third-order valence-corrected chi connectivity index (χ3v) is 8.54. The van der Waals surface area contributed by atoms with E-state index >= 15 is 0 Å². The van der Waals surface area contributed by atoms with Crippen LogP contribution in [0.2, 0.25) is 0 Å². The molecule has 0 amide bonds. The van der Waals surface area contributed by atoms with Crippen molar-refractivity contribution in [1.29, 1.82) is 0 Å². The second-order valence-corrected chi connectivity index (χ2v) is 12.4. The summed E-state index contributed by atoms with van der Waals surface area (Å²) in [6.07, 6.45) is 2.28. The number of aryl methyl sites for hydroxylation is 1. The summed E-state index contributed by atoms with van der Waals surface area (Å²) < 4.78 is 26.5. The minimum absolute atomic E-state index is 0.461. The SMILES string of the molecule is C=C(Cc1ccccc1)/C(B1OC(C)(C)C(C)(C)O1)=C(/CCc1ccccc1)B1OC(C)(C)C(C)(C)O1. The first-order valence-corrected chi connectivity index (χ1v) is 13.4. The first-order chi connectivity index (χ1) is 17.2. The number of benzene rings is 2. The van der Waals surface area contributed by atoms with Crippen molar-refractivity contribution in [3.8, 4) is 0 Å². The fourth-order valence-electron chi connectivity index (χ4n) is 4.73. The van der Waals surface area contributed by atoms with E-state index in [1.54, 1.807) is 0 Å². The van der Waals surface area contributed by atoms with Crippen LogP contribution in [-0.2, 0) is 31.5 Å². The molecule has 2 heterocycles. The molecule has 2 aliphatic rings. The van der Waals surface area contributed by atoms with E-state index in [1.807, 2.05) is 12.1 Å². The fraction of sp³-hybridized carbons (Fsp3) is 0.484. The number of rotatable bonds is 8. The van der Waals surface area contributed by atoms with E-state index in [-0.39, 0.29) is 0 Å². The van der Waals surface area contributed by atoms with Crippen molar-refractivity contribution < 1.29 is 18.6 Å². The smallest absolute Gasteiger partial charge is 0.400 e. The normalized spacial score (nSPS) is 22.2. The third kappa shape index (κ3) is 5.83. The maximum Gasteiger partial charge on any atom is 0.494 e. The summed E-state index contributed by atoms with van der Waals surface area (Å²) in [5.41, 5.74) is 3.54. The minimum atomic E-state index is -0.564. The van der Waals surface area contributed by atoms with Gasteiger partial charge in [0.25, 0.3) is 0 Å². The van der Waals surface area contributed by atoms with Gasteiger partial charge in [-0.15, -0.1) is 0 Å². The van der Waals surface area contributed by atoms with Crippen LogP contribution in [0.1, 0.15) is 72.9 Å². The Morgan fingerprint density at radius 2 is 1.03 bits per heavy atom. The molecule has 0 aromatic heterocycles. The fourth-order valence-corrected chi connectivity index (χ4v) is 4.73. The molecule has 2 aromatic carbocycles. The lowest BCUT2D eigenvalue weighted by atomic mass is 9.60. The van der Waals surface area contributed by atoms with Crippen LogP contribution in [0.5, 0.6) is 0 Å². The lowest BCUT2D eigenvalue weighted by Gasteiger charge is -2.32. The Bertz CT molecular complexity index is 1100. The zero-order valence-electron chi connectivity index (χ0n) is 23.9. The summed E-state index contributed by atoms with van der Waals surface area (Å²) in [4.78, 5) is 0. The van der Waals surface area contributed by atoms with Crippen LogP contribution in [0.3, 0.4) is 0 Å². The predicted molar refractivity (Wildman–Crippen MR) is 153 cm³/mol. The number of hydrogen-bond donors (Lipinski definition) is 0. The van der Waals surface area contributed by atoms with Crippen molar-refractivity contribution in [2.45, 2.75) is 97.1 Å². The zero-order valence-corrected chi connectivity index (χ0v) is 23.9. The van der Waals surface area contributed by atoms with Crippen molar-refractivity contribution in [3.63, 3.8) is 0 Å². The molecule has 2 aliphatic heterocycles. The quantitative estimate of drug-likeness (QED) is 0.290. The predicted octanol–water partition coefficient (Wildman–Crippen LogP) is 6.98. The Balaban J connectivity index is 1.81. The Morgan fingerprint density at radius 3 is 1.49 bits per heavy atom. The maximum absolute atomic E-state index is 6.63. The van der Waals surface area contributed by atoms with Crippen LogP contribution in [0.4, 0.5) is 0 Å². The van der Waals surface area contributed by atoms with Gasteiger partial charge in [-0.1, -0.05) is 72.8 Å². The average Bonchev–Trinajstić information content (AvgIpc) is 3.16. The second kappa shape index (κ2) is 10.2. The lowest BCUT2D eigenvalue weighted by molar-refractivity contribution is 0.00578. The zero-order chi connectivity index (χ0) is 27.1. The van der Waals surface area contributed by atoms with Crippen molar-refractivity contribution in [2.24, 2.45) is 0 Å². The monoisotopic (exact) mass is 500 g/mol. The van der Waals surface area contributed by atoms with Crippen LogP contribution < -0.4 is 0 Å². The van der Waals surface area contributed by atoms with Gasteiger partial charge >= 0.3 is 14.2 Å². The summed E-state index contributed by atoms with van der Waals surface area (Å²) in [6.45, 7) is 21.3. The first kappa shape index (κ1) is 27.9. The van der Waals surface area contributed by atoms with Gasteiger partial charge in [0.15, 0.2) is 0 Å². The van der Waals surface area contributed by atoms with Gasteiger partial charge in [0.2, 0.25) is 0 Å². The molecule has 6 heteroatoms. The van der Waals surface area contributed by atoms with E-state index in [1.165, 1.54) is 11.1 Å². The van der Waals surface area contributed by atoms with Gasteiger partial charge in [-0.25, -0.2) is 0 Å². The van der Waals surface area contributed by atoms with Gasteiger partial charge < -0.3 is 18.6 Å². The van der Waals surface area contributed by atoms with E-state index in [0.717, 1.165) is 29.4 Å². The molecule has 0 spiro atoms. The Hall–Kier alpha value is -2.11. The molecule has 2 fully saturated rings. The summed E-state index contributed by atoms with van der Waals surface area (Å²) in [5.74, 6) is 0. The van der Waals surface area contributed by atoms with Gasteiger partial charge in [0.05, 0.1) is 22.4 Å². The molecule has 0 radical (unpaired) electrons. The molecule has 0 atom stereocenters. The molecule has 0 unspecified atom stereocenters. The van der Waals surface area contributed by atoms with E-state index in [0.29, 0.717) is 6.42 Å². The van der Waals surface area contributed by atoms with Crippen LogP contribution in [0, 0.1) is 0 Å². The van der Waals surface area contributed by atoms with Gasteiger partial charge in [0, 0.05) is 0 Å². The minimum Gasteiger partial charge on any atom is -0.400 e. The molecule has 4 rings (SSSR count). The Labute approximate surface area is 224 Å². The van der Waals surface area contributed by atoms with Crippen molar-refractivity contribution >= 4 is 14.2 Å². The molecule has 0 saturated carbocycles. The van der Waals surface area contributed by atoms with Crippen LogP contribution in [0.25, 0.3) is 0 Å². The van der Waals surface area contributed by atoms with E-state index in [9.17, 15) is 0 Å². The molecule has 2 saturated heterocycles. The van der Waals surface area contributed by atoms with Crippen molar-refractivity contribution in [2.75, 3.05) is 0 Å². The van der Waals surface area contributed by atoms with Crippen LogP contribution in [0.15, 0.2) is 83.8 Å². The summed E-state index contributed by atoms with van der Waals surface area (Å²) in [5, 5.41) is 0. The Kier molecular flexibility index (Phi) is 7.71. The van der Waals surface area contributed by atoms with Gasteiger partial charge in [-0.2, -0.15) is 0 Å². The highest BCUT2D eigenvalue weighted by molar-refractivity contribution is 6.63. The molecule has 2 aromatic rings. The van der Waals surface area contributed by atoms with E-state index in [2.05, 4.69) is 110 Å². The summed E-state index contributed by atoms with van der Waals surface area (Å²) >= 11 is 0. The molecular formula is C31H42B2O4. The molecule has 196 valence electrons. The molecule has 37 heavy (non-hydrogen) atoms. The molecule has 0 aliphatic carbocycles. The van der Waals surface area contributed by atoms with Gasteiger partial charge in [0.1, 0.15) is 0 Å². The molecular weight excluding hydrogens is 458 g/mol. The van der Waals surface area contributed by atoms with Crippen molar-refractivity contribution in [1.82, 2.24) is 0 Å². The van der Waals surface area contributed by atoms with E-state index < -0.39 is 36.6 Å². The summed E-state index contributed by atoms with van der Waals surface area (Å²) in [6, 6.07) is 20.9. The third-order valence-electron chi connectivity index (χ3n) is 8.54. The van der Waals surface area contributed by atoms with Gasteiger partial charge in [-0.05, 0) is 96.7 Å². The van der Waals surface area contributed by atoms with Gasteiger partial charge in [-0.3, -0.25) is 0 Å². The molecule has 0 N–H and O–H groups in total. The highest BCUT2D eigenvalue weighted by Gasteiger charge is 2.56. The second-order valence-electron chi connectivity index (χ2n) is 12.4. The summed E-state index contributed by atoms with van der Waals surface area (Å²) in [7, 11) is -1.08. The van der Waals surface area contributed by atoms with Crippen LogP contribution >= 0.6 is 0 Å².